The summed E-state index contributed by atoms with van der Waals surface area (Å²) in [6.45, 7) is 1.00. The van der Waals surface area contributed by atoms with Crippen LogP contribution in [-0.2, 0) is 34.1 Å². The Labute approximate surface area is 146 Å². The lowest BCUT2D eigenvalue weighted by Gasteiger charge is -2.25. The van der Waals surface area contributed by atoms with Gasteiger partial charge in [-0.15, -0.1) is 0 Å². The van der Waals surface area contributed by atoms with Gasteiger partial charge in [0.15, 0.2) is 0 Å². The molecular weight excluding hydrogens is 342 g/mol. The number of aromatic nitrogens is 1. The number of anilines is 1. The summed E-state index contributed by atoms with van der Waals surface area (Å²) in [6, 6.07) is 3.42. The maximum Gasteiger partial charge on any atom is 0.240 e. The van der Waals surface area contributed by atoms with Crippen LogP contribution in [0.4, 0.5) is 5.69 Å². The lowest BCUT2D eigenvalue weighted by molar-refractivity contribution is -0.118. The van der Waals surface area contributed by atoms with Crippen molar-refractivity contribution in [1.29, 1.82) is 0 Å². The number of carbonyl (C=O) groups excluding carboxylic acids is 1. The first-order valence-electron chi connectivity index (χ1n) is 8.39. The second-order valence-corrected chi connectivity index (χ2v) is 8.19. The number of nitrogens with zero attached hydrogens (tertiary/aromatic N) is 2. The van der Waals surface area contributed by atoms with Crippen molar-refractivity contribution < 1.29 is 17.7 Å². The van der Waals surface area contributed by atoms with Crippen molar-refractivity contribution in [1.82, 2.24) is 9.88 Å². The quantitative estimate of drug-likeness (QED) is 0.786. The zero-order chi connectivity index (χ0) is 17.4. The van der Waals surface area contributed by atoms with Gasteiger partial charge in [0.05, 0.1) is 16.8 Å². The molecule has 0 saturated carbocycles. The van der Waals surface area contributed by atoms with Crippen LogP contribution < -0.4 is 9.62 Å². The minimum atomic E-state index is -3.55. The molecule has 2 aliphatic rings. The summed E-state index contributed by atoms with van der Waals surface area (Å²) in [5.41, 5.74) is 3.79. The van der Waals surface area contributed by atoms with E-state index >= 15 is 0 Å². The highest BCUT2D eigenvalue weighted by atomic mass is 32.2. The highest BCUT2D eigenvalue weighted by Crippen LogP contribution is 2.38. The van der Waals surface area contributed by atoms with Crippen molar-refractivity contribution >= 4 is 21.6 Å². The van der Waals surface area contributed by atoms with Gasteiger partial charge in [-0.25, -0.2) is 13.1 Å². The fourth-order valence-corrected chi connectivity index (χ4v) is 4.69. The molecule has 0 aliphatic carbocycles. The van der Waals surface area contributed by atoms with Gasteiger partial charge in [-0.05, 0) is 48.9 Å². The molecule has 8 heteroatoms. The second kappa shape index (κ2) is 6.27. The molecule has 0 atom stereocenters. The zero-order valence-corrected chi connectivity index (χ0v) is 14.5. The number of aryl methyl sites for hydroxylation is 2. The molecule has 1 aromatic carbocycles. The standard InChI is InChI=1S/C17H19N3O4S/c21-16-4-3-13-8-15(9-14-5-7-20(16)17(13)14)25(22,23)19-6-1-2-12-10-18-24-11-12/h8-11,19H,1-7H2. The molecule has 132 valence electrons. The van der Waals surface area contributed by atoms with Crippen LogP contribution in [0, 0.1) is 0 Å². The van der Waals surface area contributed by atoms with Gasteiger partial charge in [-0.3, -0.25) is 4.79 Å². The normalized spacial score (nSPS) is 16.3. The van der Waals surface area contributed by atoms with Crippen LogP contribution in [0.3, 0.4) is 0 Å². The van der Waals surface area contributed by atoms with E-state index in [1.807, 2.05) is 0 Å². The van der Waals surface area contributed by atoms with Gasteiger partial charge in [0, 0.05) is 25.1 Å². The fourth-order valence-electron chi connectivity index (χ4n) is 3.51. The fraction of sp³-hybridized carbons (Fsp3) is 0.412. The van der Waals surface area contributed by atoms with E-state index in [0.29, 0.717) is 50.1 Å². The minimum absolute atomic E-state index is 0.133. The minimum Gasteiger partial charge on any atom is -0.364 e. The predicted molar refractivity (Wildman–Crippen MR) is 90.8 cm³/mol. The molecule has 7 nitrogen and oxygen atoms in total. The van der Waals surface area contributed by atoms with E-state index in [4.69, 9.17) is 4.52 Å². The summed E-state index contributed by atoms with van der Waals surface area (Å²) in [6.07, 6.45) is 6.33. The molecule has 1 amide bonds. The number of nitrogens with one attached hydrogen (secondary N) is 1. The summed E-state index contributed by atoms with van der Waals surface area (Å²) >= 11 is 0. The van der Waals surface area contributed by atoms with Gasteiger partial charge in [-0.2, -0.15) is 0 Å². The first-order valence-corrected chi connectivity index (χ1v) is 9.87. The number of carbonyl (C=O) groups is 1. The summed E-state index contributed by atoms with van der Waals surface area (Å²) in [5, 5.41) is 3.62. The van der Waals surface area contributed by atoms with Gasteiger partial charge >= 0.3 is 0 Å². The average Bonchev–Trinajstić information content (AvgIpc) is 3.25. The Bertz CT molecular complexity index is 906. The van der Waals surface area contributed by atoms with Gasteiger partial charge < -0.3 is 9.42 Å². The maximum absolute atomic E-state index is 12.6. The third-order valence-electron chi connectivity index (χ3n) is 4.75. The molecule has 0 fully saturated rings. The lowest BCUT2D eigenvalue weighted by Crippen LogP contribution is -2.33. The van der Waals surface area contributed by atoms with Crippen LogP contribution in [-0.4, -0.2) is 32.6 Å². The Morgan fingerprint density at radius 2 is 2.00 bits per heavy atom. The van der Waals surface area contributed by atoms with E-state index in [0.717, 1.165) is 22.4 Å². The van der Waals surface area contributed by atoms with Gasteiger partial charge in [0.1, 0.15) is 6.26 Å². The number of hydrogen-bond acceptors (Lipinski definition) is 5. The van der Waals surface area contributed by atoms with Crippen molar-refractivity contribution in [2.24, 2.45) is 0 Å². The number of amides is 1. The van der Waals surface area contributed by atoms with E-state index in [2.05, 4.69) is 9.88 Å². The molecule has 4 rings (SSSR count). The smallest absolute Gasteiger partial charge is 0.240 e. The van der Waals surface area contributed by atoms with Gasteiger partial charge in [0.2, 0.25) is 15.9 Å². The molecule has 0 radical (unpaired) electrons. The predicted octanol–water partition coefficient (Wildman–Crippen LogP) is 1.42. The average molecular weight is 361 g/mol. The van der Waals surface area contributed by atoms with Crippen LogP contribution in [0.2, 0.25) is 0 Å². The van der Waals surface area contributed by atoms with Crippen LogP contribution in [0.1, 0.15) is 29.5 Å². The Morgan fingerprint density at radius 1 is 1.20 bits per heavy atom. The van der Waals surface area contributed by atoms with Crippen LogP contribution in [0.5, 0.6) is 0 Å². The molecule has 3 heterocycles. The van der Waals surface area contributed by atoms with Crippen molar-refractivity contribution in [3.05, 3.63) is 41.3 Å². The van der Waals surface area contributed by atoms with Crippen molar-refractivity contribution in [2.45, 2.75) is 37.0 Å². The molecule has 0 bridgehead atoms. The van der Waals surface area contributed by atoms with Crippen molar-refractivity contribution in [3.63, 3.8) is 0 Å². The first-order chi connectivity index (χ1) is 12.0. The molecule has 25 heavy (non-hydrogen) atoms. The molecule has 0 saturated heterocycles. The molecule has 2 aromatic rings. The molecule has 0 spiro atoms. The Balaban J connectivity index is 1.48. The summed E-state index contributed by atoms with van der Waals surface area (Å²) in [4.78, 5) is 14.0. The van der Waals surface area contributed by atoms with E-state index in [9.17, 15) is 13.2 Å². The number of sulfonamides is 1. The number of hydrogen-bond donors (Lipinski definition) is 1. The van der Waals surface area contributed by atoms with Crippen LogP contribution >= 0.6 is 0 Å². The first kappa shape index (κ1) is 16.3. The SMILES string of the molecule is O=C1CCc2cc(S(=O)(=O)NCCCc3cnoc3)cc3c2N1CC3. The van der Waals surface area contributed by atoms with E-state index < -0.39 is 10.0 Å². The van der Waals surface area contributed by atoms with Crippen molar-refractivity contribution in [3.8, 4) is 0 Å². The summed E-state index contributed by atoms with van der Waals surface area (Å²) in [7, 11) is -3.55. The summed E-state index contributed by atoms with van der Waals surface area (Å²) < 4.78 is 32.6. The highest BCUT2D eigenvalue weighted by molar-refractivity contribution is 7.89. The largest absolute Gasteiger partial charge is 0.364 e. The molecular formula is C17H19N3O4S. The number of benzene rings is 1. The van der Waals surface area contributed by atoms with Crippen LogP contribution in [0.25, 0.3) is 0 Å². The van der Waals surface area contributed by atoms with Crippen LogP contribution in [0.15, 0.2) is 34.0 Å². The third-order valence-corrected chi connectivity index (χ3v) is 6.19. The monoisotopic (exact) mass is 361 g/mol. The molecule has 0 unspecified atom stereocenters. The number of rotatable bonds is 6. The Hall–Kier alpha value is -2.19. The second-order valence-electron chi connectivity index (χ2n) is 6.42. The topological polar surface area (TPSA) is 92.5 Å². The molecule has 1 aromatic heterocycles. The maximum atomic E-state index is 12.6. The molecule has 2 aliphatic heterocycles. The van der Waals surface area contributed by atoms with Crippen molar-refractivity contribution in [2.75, 3.05) is 18.0 Å². The van der Waals surface area contributed by atoms with E-state index in [1.165, 1.54) is 0 Å². The summed E-state index contributed by atoms with van der Waals surface area (Å²) in [5.74, 6) is 0.133. The van der Waals surface area contributed by atoms with E-state index in [-0.39, 0.29) is 5.91 Å². The lowest BCUT2D eigenvalue weighted by atomic mass is 10.00. The van der Waals surface area contributed by atoms with E-state index in [1.54, 1.807) is 29.5 Å². The van der Waals surface area contributed by atoms with Gasteiger partial charge in [0.25, 0.3) is 0 Å². The zero-order valence-electron chi connectivity index (χ0n) is 13.7. The Kier molecular flexibility index (Phi) is 4.09. The Morgan fingerprint density at radius 3 is 2.76 bits per heavy atom. The van der Waals surface area contributed by atoms with Gasteiger partial charge in [-0.1, -0.05) is 5.16 Å². The highest BCUT2D eigenvalue weighted by Gasteiger charge is 2.32. The third kappa shape index (κ3) is 3.07. The molecule has 1 N–H and O–H groups in total.